The van der Waals surface area contributed by atoms with Crippen molar-refractivity contribution in [1.29, 1.82) is 0 Å². The van der Waals surface area contributed by atoms with Gasteiger partial charge in [-0.05, 0) is 51.3 Å². The maximum Gasteiger partial charge on any atom is 0.244 e. The second kappa shape index (κ2) is 7.55. The molecule has 134 valence electrons. The predicted molar refractivity (Wildman–Crippen MR) is 98.2 cm³/mol. The van der Waals surface area contributed by atoms with Gasteiger partial charge in [0.15, 0.2) is 0 Å². The van der Waals surface area contributed by atoms with Crippen LogP contribution in [0.3, 0.4) is 0 Å². The number of carbonyl (C=O) groups excluding carboxylic acids is 1. The monoisotopic (exact) mass is 342 g/mol. The molecular formula is C18H26N6O. The minimum Gasteiger partial charge on any atom is -0.384 e. The van der Waals surface area contributed by atoms with Gasteiger partial charge < -0.3 is 16.0 Å². The SMILES string of the molecule is Cc1cc(C)n(CC(=O)N2CCC[C@H](Nc3ccc(N)nc3)CC2)n1. The molecule has 1 amide bonds. The summed E-state index contributed by atoms with van der Waals surface area (Å²) in [6.45, 7) is 5.81. The summed E-state index contributed by atoms with van der Waals surface area (Å²) in [6, 6.07) is 6.08. The molecule has 3 rings (SSSR count). The van der Waals surface area contributed by atoms with Crippen molar-refractivity contribution in [2.24, 2.45) is 0 Å². The molecule has 25 heavy (non-hydrogen) atoms. The Bertz CT molecular complexity index is 724. The fraction of sp³-hybridized carbons (Fsp3) is 0.500. The van der Waals surface area contributed by atoms with Crippen molar-refractivity contribution in [3.05, 3.63) is 35.8 Å². The van der Waals surface area contributed by atoms with Gasteiger partial charge in [0, 0.05) is 24.8 Å². The van der Waals surface area contributed by atoms with Crippen LogP contribution >= 0.6 is 0 Å². The van der Waals surface area contributed by atoms with Gasteiger partial charge in [0.05, 0.1) is 17.6 Å². The van der Waals surface area contributed by atoms with E-state index in [1.165, 1.54) is 0 Å². The van der Waals surface area contributed by atoms with Gasteiger partial charge in [0.1, 0.15) is 12.4 Å². The summed E-state index contributed by atoms with van der Waals surface area (Å²) in [7, 11) is 0. The van der Waals surface area contributed by atoms with Crippen LogP contribution in [-0.2, 0) is 11.3 Å². The van der Waals surface area contributed by atoms with E-state index in [2.05, 4.69) is 15.4 Å². The Morgan fingerprint density at radius 1 is 1.32 bits per heavy atom. The zero-order valence-electron chi connectivity index (χ0n) is 14.9. The van der Waals surface area contributed by atoms with Crippen molar-refractivity contribution in [3.8, 4) is 0 Å². The third-order valence-corrected chi connectivity index (χ3v) is 4.63. The first-order valence-corrected chi connectivity index (χ1v) is 8.78. The van der Waals surface area contributed by atoms with E-state index >= 15 is 0 Å². The van der Waals surface area contributed by atoms with Crippen LogP contribution in [0.4, 0.5) is 11.5 Å². The number of anilines is 2. The highest BCUT2D eigenvalue weighted by Crippen LogP contribution is 2.17. The number of nitrogens with zero attached hydrogens (tertiary/aromatic N) is 4. The van der Waals surface area contributed by atoms with E-state index in [-0.39, 0.29) is 5.91 Å². The zero-order valence-corrected chi connectivity index (χ0v) is 14.9. The van der Waals surface area contributed by atoms with Crippen molar-refractivity contribution in [2.45, 2.75) is 45.7 Å². The zero-order chi connectivity index (χ0) is 17.8. The molecule has 1 atom stereocenters. The summed E-state index contributed by atoms with van der Waals surface area (Å²) in [4.78, 5) is 18.7. The van der Waals surface area contributed by atoms with Crippen LogP contribution < -0.4 is 11.1 Å². The molecular weight excluding hydrogens is 316 g/mol. The summed E-state index contributed by atoms with van der Waals surface area (Å²) in [6.07, 6.45) is 4.70. The molecule has 1 saturated heterocycles. The molecule has 0 radical (unpaired) electrons. The average molecular weight is 342 g/mol. The second-order valence-electron chi connectivity index (χ2n) is 6.71. The molecule has 3 heterocycles. The van der Waals surface area contributed by atoms with Crippen molar-refractivity contribution in [2.75, 3.05) is 24.1 Å². The number of likely N-dealkylation sites (tertiary alicyclic amines) is 1. The average Bonchev–Trinajstić information content (AvgIpc) is 2.76. The fourth-order valence-corrected chi connectivity index (χ4v) is 3.28. The Balaban J connectivity index is 1.54. The normalized spacial score (nSPS) is 18.0. The molecule has 7 nitrogen and oxygen atoms in total. The Labute approximate surface area is 148 Å². The Kier molecular flexibility index (Phi) is 5.21. The van der Waals surface area contributed by atoms with Crippen LogP contribution in [0.15, 0.2) is 24.4 Å². The van der Waals surface area contributed by atoms with Gasteiger partial charge >= 0.3 is 0 Å². The molecule has 0 bridgehead atoms. The quantitative estimate of drug-likeness (QED) is 0.887. The van der Waals surface area contributed by atoms with Gasteiger partial charge in [0.2, 0.25) is 5.91 Å². The number of nitrogen functional groups attached to an aromatic ring is 1. The van der Waals surface area contributed by atoms with Crippen LogP contribution in [0.2, 0.25) is 0 Å². The van der Waals surface area contributed by atoms with Crippen molar-refractivity contribution in [3.63, 3.8) is 0 Å². The molecule has 0 unspecified atom stereocenters. The first-order chi connectivity index (χ1) is 12.0. The van der Waals surface area contributed by atoms with Gasteiger partial charge in [-0.25, -0.2) is 4.98 Å². The standard InChI is InChI=1S/C18H26N6O/c1-13-10-14(2)24(22-13)12-18(25)23-8-3-4-15(7-9-23)21-16-5-6-17(19)20-11-16/h5-6,10-11,15,21H,3-4,7-9,12H2,1-2H3,(H2,19,20)/t15-/m0/s1. The van der Waals surface area contributed by atoms with Crippen LogP contribution in [0.25, 0.3) is 0 Å². The van der Waals surface area contributed by atoms with Crippen molar-refractivity contribution in [1.82, 2.24) is 19.7 Å². The molecule has 0 aromatic carbocycles. The number of amides is 1. The van der Waals surface area contributed by atoms with Gasteiger partial charge in [-0.15, -0.1) is 0 Å². The Hall–Kier alpha value is -2.57. The molecule has 7 heteroatoms. The molecule has 0 spiro atoms. The minimum absolute atomic E-state index is 0.140. The maximum absolute atomic E-state index is 12.6. The molecule has 2 aromatic rings. The third kappa shape index (κ3) is 4.49. The molecule has 1 aliphatic heterocycles. The number of pyridine rings is 1. The molecule has 1 fully saturated rings. The first kappa shape index (κ1) is 17.3. The topological polar surface area (TPSA) is 89.1 Å². The largest absolute Gasteiger partial charge is 0.384 e. The number of carbonyl (C=O) groups is 1. The highest BCUT2D eigenvalue weighted by Gasteiger charge is 2.21. The van der Waals surface area contributed by atoms with E-state index in [0.29, 0.717) is 18.4 Å². The highest BCUT2D eigenvalue weighted by atomic mass is 16.2. The molecule has 2 aromatic heterocycles. The summed E-state index contributed by atoms with van der Waals surface area (Å²) in [5, 5.41) is 7.88. The van der Waals surface area contributed by atoms with Gasteiger partial charge in [-0.2, -0.15) is 5.10 Å². The predicted octanol–water partition coefficient (Wildman–Crippen LogP) is 1.97. The lowest BCUT2D eigenvalue weighted by molar-refractivity contribution is -0.132. The highest BCUT2D eigenvalue weighted by molar-refractivity contribution is 5.76. The summed E-state index contributed by atoms with van der Waals surface area (Å²) >= 11 is 0. The second-order valence-corrected chi connectivity index (χ2v) is 6.71. The van der Waals surface area contributed by atoms with Crippen molar-refractivity contribution < 1.29 is 4.79 Å². The maximum atomic E-state index is 12.6. The molecule has 1 aliphatic rings. The van der Waals surface area contributed by atoms with Gasteiger partial charge in [-0.3, -0.25) is 9.48 Å². The van der Waals surface area contributed by atoms with Crippen molar-refractivity contribution >= 4 is 17.4 Å². The van der Waals surface area contributed by atoms with E-state index in [1.807, 2.05) is 30.9 Å². The fourth-order valence-electron chi connectivity index (χ4n) is 3.28. The Morgan fingerprint density at radius 2 is 2.16 bits per heavy atom. The smallest absolute Gasteiger partial charge is 0.244 e. The number of nitrogens with two attached hydrogens (primary N) is 1. The summed E-state index contributed by atoms with van der Waals surface area (Å²) < 4.78 is 1.79. The number of hydrogen-bond donors (Lipinski definition) is 2. The molecule has 0 aliphatic carbocycles. The number of rotatable bonds is 4. The van der Waals surface area contributed by atoms with E-state index in [0.717, 1.165) is 49.4 Å². The lowest BCUT2D eigenvalue weighted by Crippen LogP contribution is -2.35. The van der Waals surface area contributed by atoms with E-state index < -0.39 is 0 Å². The summed E-state index contributed by atoms with van der Waals surface area (Å²) in [5.74, 6) is 0.661. The number of aryl methyl sites for hydroxylation is 2. The van der Waals surface area contributed by atoms with Gasteiger partial charge in [0.25, 0.3) is 0 Å². The first-order valence-electron chi connectivity index (χ1n) is 8.78. The lowest BCUT2D eigenvalue weighted by Gasteiger charge is -2.21. The van der Waals surface area contributed by atoms with Gasteiger partial charge in [-0.1, -0.05) is 0 Å². The van der Waals surface area contributed by atoms with Crippen LogP contribution in [0.1, 0.15) is 30.7 Å². The number of aromatic nitrogens is 3. The summed E-state index contributed by atoms with van der Waals surface area (Å²) in [5.41, 5.74) is 8.57. The minimum atomic E-state index is 0.140. The lowest BCUT2D eigenvalue weighted by atomic mass is 10.1. The van der Waals surface area contributed by atoms with E-state index in [1.54, 1.807) is 16.9 Å². The third-order valence-electron chi connectivity index (χ3n) is 4.63. The van der Waals surface area contributed by atoms with E-state index in [4.69, 9.17) is 5.73 Å². The van der Waals surface area contributed by atoms with Crippen LogP contribution in [0.5, 0.6) is 0 Å². The van der Waals surface area contributed by atoms with Crippen LogP contribution in [0, 0.1) is 13.8 Å². The number of hydrogen-bond acceptors (Lipinski definition) is 5. The van der Waals surface area contributed by atoms with Crippen LogP contribution in [-0.4, -0.2) is 44.7 Å². The number of nitrogens with one attached hydrogen (secondary N) is 1. The Morgan fingerprint density at radius 3 is 2.84 bits per heavy atom. The van der Waals surface area contributed by atoms with E-state index in [9.17, 15) is 4.79 Å². The molecule has 3 N–H and O–H groups in total. The molecule has 0 saturated carbocycles.